The Morgan fingerprint density at radius 1 is 1.27 bits per heavy atom. The fourth-order valence-electron chi connectivity index (χ4n) is 1.17. The lowest BCUT2D eigenvalue weighted by molar-refractivity contribution is 0.127. The van der Waals surface area contributed by atoms with Crippen molar-refractivity contribution in [1.29, 1.82) is 0 Å². The van der Waals surface area contributed by atoms with Gasteiger partial charge in [0.15, 0.2) is 0 Å². The van der Waals surface area contributed by atoms with Gasteiger partial charge in [-0.1, -0.05) is 27.7 Å². The van der Waals surface area contributed by atoms with Crippen molar-refractivity contribution in [3.05, 3.63) is 0 Å². The second-order valence-electron chi connectivity index (χ2n) is 4.09. The first-order valence-corrected chi connectivity index (χ1v) is 4.66. The molecule has 0 saturated heterocycles. The molecule has 0 rings (SSSR count). The van der Waals surface area contributed by atoms with E-state index >= 15 is 0 Å². The third kappa shape index (κ3) is 2.82. The Balaban J connectivity index is 4.10. The molecule has 1 atom stereocenters. The number of rotatable bonds is 4. The van der Waals surface area contributed by atoms with E-state index in [1.54, 1.807) is 0 Å². The highest BCUT2D eigenvalue weighted by Crippen LogP contribution is 2.27. The topological polar surface area (TPSA) is 3.24 Å². The smallest absolute Gasteiger partial charge is 0.0115 e. The summed E-state index contributed by atoms with van der Waals surface area (Å²) < 4.78 is 0. The van der Waals surface area contributed by atoms with Crippen LogP contribution in [-0.4, -0.2) is 24.5 Å². The van der Waals surface area contributed by atoms with Gasteiger partial charge in [0.2, 0.25) is 0 Å². The van der Waals surface area contributed by atoms with Gasteiger partial charge in [-0.3, -0.25) is 0 Å². The highest BCUT2D eigenvalue weighted by atomic mass is 15.1. The molecular weight excluding hydrogens is 134 g/mol. The third-order valence-corrected chi connectivity index (χ3v) is 3.20. The summed E-state index contributed by atoms with van der Waals surface area (Å²) in [4.78, 5) is 2.41. The molecule has 0 radical (unpaired) electrons. The molecule has 0 amide bonds. The quantitative estimate of drug-likeness (QED) is 0.606. The molecule has 0 aromatic rings. The Hall–Kier alpha value is -0.0400. The highest BCUT2D eigenvalue weighted by molar-refractivity contribution is 4.79. The molecule has 0 fully saturated rings. The largest absolute Gasteiger partial charge is 0.303 e. The zero-order valence-electron chi connectivity index (χ0n) is 8.94. The van der Waals surface area contributed by atoms with Crippen LogP contribution < -0.4 is 0 Å². The van der Waals surface area contributed by atoms with Gasteiger partial charge < -0.3 is 4.90 Å². The van der Waals surface area contributed by atoms with Crippen molar-refractivity contribution in [3.63, 3.8) is 0 Å². The number of hydrogen-bond donors (Lipinski definition) is 0. The van der Waals surface area contributed by atoms with Crippen LogP contribution in [0.1, 0.15) is 41.0 Å². The van der Waals surface area contributed by atoms with Crippen LogP contribution in [0.4, 0.5) is 0 Å². The Bertz CT molecular complexity index is 107. The first kappa shape index (κ1) is 11.0. The van der Waals surface area contributed by atoms with Gasteiger partial charge in [-0.25, -0.2) is 0 Å². The van der Waals surface area contributed by atoms with Crippen molar-refractivity contribution in [3.8, 4) is 0 Å². The molecule has 0 aliphatic heterocycles. The predicted molar refractivity (Wildman–Crippen MR) is 51.8 cm³/mol. The summed E-state index contributed by atoms with van der Waals surface area (Å²) in [6.45, 7) is 12.6. The van der Waals surface area contributed by atoms with E-state index in [4.69, 9.17) is 0 Å². The van der Waals surface area contributed by atoms with Gasteiger partial charge >= 0.3 is 0 Å². The fraction of sp³-hybridized carbons (Fsp3) is 1.00. The van der Waals surface area contributed by atoms with Gasteiger partial charge in [0.1, 0.15) is 0 Å². The van der Waals surface area contributed by atoms with Crippen molar-refractivity contribution >= 4 is 0 Å². The minimum Gasteiger partial charge on any atom is -0.303 e. The first-order chi connectivity index (χ1) is 4.95. The summed E-state index contributed by atoms with van der Waals surface area (Å²) in [6, 6.07) is 0.678. The van der Waals surface area contributed by atoms with E-state index in [0.29, 0.717) is 11.5 Å². The van der Waals surface area contributed by atoms with Gasteiger partial charge in [-0.05, 0) is 32.4 Å². The third-order valence-electron chi connectivity index (χ3n) is 3.20. The monoisotopic (exact) mass is 157 g/mol. The van der Waals surface area contributed by atoms with Crippen LogP contribution in [-0.2, 0) is 0 Å². The molecule has 0 aliphatic carbocycles. The molecular formula is C10H23N. The normalized spacial score (nSPS) is 15.5. The number of nitrogens with zero attached hydrogens (tertiary/aromatic N) is 1. The van der Waals surface area contributed by atoms with Crippen LogP contribution in [0.25, 0.3) is 0 Å². The van der Waals surface area contributed by atoms with E-state index in [-0.39, 0.29) is 0 Å². The fourth-order valence-corrected chi connectivity index (χ4v) is 1.17. The molecule has 0 spiro atoms. The van der Waals surface area contributed by atoms with Crippen molar-refractivity contribution in [2.45, 2.75) is 47.1 Å². The SMILES string of the molecule is CCN(C)[C@H](C)C(C)(C)CC. The van der Waals surface area contributed by atoms with Crippen molar-refractivity contribution in [2.75, 3.05) is 13.6 Å². The van der Waals surface area contributed by atoms with Crippen molar-refractivity contribution in [1.82, 2.24) is 4.90 Å². The average Bonchev–Trinajstić information content (AvgIpc) is 2.01. The average molecular weight is 157 g/mol. The van der Waals surface area contributed by atoms with Crippen LogP contribution in [0.3, 0.4) is 0 Å². The van der Waals surface area contributed by atoms with Crippen LogP contribution in [0.5, 0.6) is 0 Å². The Labute approximate surface area is 71.8 Å². The van der Waals surface area contributed by atoms with Gasteiger partial charge in [-0.2, -0.15) is 0 Å². The summed E-state index contributed by atoms with van der Waals surface area (Å²) in [5.74, 6) is 0. The maximum atomic E-state index is 2.41. The second-order valence-corrected chi connectivity index (χ2v) is 4.09. The van der Waals surface area contributed by atoms with Gasteiger partial charge in [0.05, 0.1) is 0 Å². The minimum atomic E-state index is 0.449. The van der Waals surface area contributed by atoms with Crippen LogP contribution >= 0.6 is 0 Å². The molecule has 11 heavy (non-hydrogen) atoms. The predicted octanol–water partition coefficient (Wildman–Crippen LogP) is 2.76. The van der Waals surface area contributed by atoms with E-state index in [0.717, 1.165) is 6.54 Å². The summed E-state index contributed by atoms with van der Waals surface area (Å²) in [5.41, 5.74) is 0.449. The van der Waals surface area contributed by atoms with Crippen molar-refractivity contribution < 1.29 is 0 Å². The van der Waals surface area contributed by atoms with E-state index < -0.39 is 0 Å². The Kier molecular flexibility index (Phi) is 4.09. The summed E-state index contributed by atoms with van der Waals surface area (Å²) >= 11 is 0. The van der Waals surface area contributed by atoms with Gasteiger partial charge in [0.25, 0.3) is 0 Å². The molecule has 1 nitrogen and oxygen atoms in total. The maximum absolute atomic E-state index is 2.41. The van der Waals surface area contributed by atoms with E-state index in [1.165, 1.54) is 6.42 Å². The van der Waals surface area contributed by atoms with Gasteiger partial charge in [-0.15, -0.1) is 0 Å². The van der Waals surface area contributed by atoms with Crippen LogP contribution in [0.2, 0.25) is 0 Å². The second kappa shape index (κ2) is 4.10. The standard InChI is InChI=1S/C10H23N/c1-7-10(4,5)9(3)11(6)8-2/h9H,7-8H2,1-6H3/t9-/m1/s1. The van der Waals surface area contributed by atoms with E-state index in [9.17, 15) is 0 Å². The lowest BCUT2D eigenvalue weighted by Crippen LogP contribution is -2.40. The van der Waals surface area contributed by atoms with Gasteiger partial charge in [0, 0.05) is 6.04 Å². The van der Waals surface area contributed by atoms with Crippen molar-refractivity contribution in [2.24, 2.45) is 5.41 Å². The zero-order chi connectivity index (χ0) is 9.07. The Morgan fingerprint density at radius 2 is 1.73 bits per heavy atom. The zero-order valence-corrected chi connectivity index (χ0v) is 8.94. The molecule has 0 aromatic heterocycles. The number of hydrogen-bond acceptors (Lipinski definition) is 1. The summed E-state index contributed by atoms with van der Waals surface area (Å²) in [6.07, 6.45) is 1.25. The molecule has 0 saturated carbocycles. The first-order valence-electron chi connectivity index (χ1n) is 4.66. The summed E-state index contributed by atoms with van der Waals surface area (Å²) in [5, 5.41) is 0. The molecule has 68 valence electrons. The van der Waals surface area contributed by atoms with E-state index in [2.05, 4.69) is 46.6 Å². The summed E-state index contributed by atoms with van der Waals surface area (Å²) in [7, 11) is 2.20. The van der Waals surface area contributed by atoms with E-state index in [1.807, 2.05) is 0 Å². The molecule has 1 heteroatoms. The lowest BCUT2D eigenvalue weighted by atomic mass is 9.82. The molecule has 0 aromatic carbocycles. The van der Waals surface area contributed by atoms with Crippen LogP contribution in [0, 0.1) is 5.41 Å². The molecule has 0 N–H and O–H groups in total. The molecule has 0 unspecified atom stereocenters. The molecule has 0 heterocycles. The highest BCUT2D eigenvalue weighted by Gasteiger charge is 2.25. The minimum absolute atomic E-state index is 0.449. The maximum Gasteiger partial charge on any atom is 0.0115 e. The molecule has 0 bridgehead atoms. The Morgan fingerprint density at radius 3 is 2.00 bits per heavy atom. The van der Waals surface area contributed by atoms with Crippen LogP contribution in [0.15, 0.2) is 0 Å². The lowest BCUT2D eigenvalue weighted by Gasteiger charge is -2.37. The molecule has 0 aliphatic rings.